The van der Waals surface area contributed by atoms with Gasteiger partial charge in [0, 0.05) is 0 Å². The molecule has 2 aromatic rings. The van der Waals surface area contributed by atoms with Crippen molar-refractivity contribution in [1.82, 2.24) is 4.98 Å². The molecule has 0 radical (unpaired) electrons. The summed E-state index contributed by atoms with van der Waals surface area (Å²) in [5.74, 6) is 0.230. The molecule has 1 atom stereocenters. The molecular formula is C24H24F6N2OS. The maximum atomic E-state index is 14.1. The number of alkyl halides is 6. The Morgan fingerprint density at radius 3 is 2.38 bits per heavy atom. The van der Waals surface area contributed by atoms with Gasteiger partial charge >= 0.3 is 12.4 Å². The summed E-state index contributed by atoms with van der Waals surface area (Å²) >= 11 is 0.467. The highest BCUT2D eigenvalue weighted by molar-refractivity contribution is 7.12. The monoisotopic (exact) mass is 502 g/mol. The summed E-state index contributed by atoms with van der Waals surface area (Å²) in [6.45, 7) is 0.921. The van der Waals surface area contributed by atoms with Crippen molar-refractivity contribution in [2.45, 2.75) is 88.3 Å². The second-order valence-electron chi connectivity index (χ2n) is 9.15. The summed E-state index contributed by atoms with van der Waals surface area (Å²) < 4.78 is 89.5. The van der Waals surface area contributed by atoms with Crippen LogP contribution in [0.1, 0.15) is 89.2 Å². The number of rotatable bonds is 6. The highest BCUT2D eigenvalue weighted by Crippen LogP contribution is 2.53. The number of aryl methyl sites for hydroxylation is 1. The lowest BCUT2D eigenvalue weighted by Gasteiger charge is -2.37. The second-order valence-corrected chi connectivity index (χ2v) is 10.2. The van der Waals surface area contributed by atoms with Crippen molar-refractivity contribution in [3.63, 3.8) is 0 Å². The van der Waals surface area contributed by atoms with Crippen LogP contribution in [-0.2, 0) is 16.8 Å². The van der Waals surface area contributed by atoms with Gasteiger partial charge in [0.15, 0.2) is 6.10 Å². The summed E-state index contributed by atoms with van der Waals surface area (Å²) in [7, 11) is 0. The number of hydrogen-bond donors (Lipinski definition) is 0. The number of nitriles is 1. The minimum Gasteiger partial charge on any atom is -0.358 e. The third-order valence-electron chi connectivity index (χ3n) is 6.70. The van der Waals surface area contributed by atoms with E-state index in [2.05, 4.69) is 11.1 Å². The van der Waals surface area contributed by atoms with Gasteiger partial charge in [-0.1, -0.05) is 31.4 Å². The van der Waals surface area contributed by atoms with E-state index in [1.807, 2.05) is 0 Å². The van der Waals surface area contributed by atoms with Crippen molar-refractivity contribution in [2.24, 2.45) is 0 Å². The normalized spacial score (nSPS) is 19.6. The topological polar surface area (TPSA) is 45.9 Å². The van der Waals surface area contributed by atoms with E-state index in [0.29, 0.717) is 41.7 Å². The first-order valence-electron chi connectivity index (χ1n) is 11.2. The Balaban J connectivity index is 1.63. The summed E-state index contributed by atoms with van der Waals surface area (Å²) in [6, 6.07) is 6.90. The molecule has 2 aliphatic rings. The van der Waals surface area contributed by atoms with Crippen molar-refractivity contribution >= 4 is 11.3 Å². The molecule has 2 saturated carbocycles. The van der Waals surface area contributed by atoms with Gasteiger partial charge in [-0.15, -0.1) is 11.3 Å². The van der Waals surface area contributed by atoms with Gasteiger partial charge in [-0.2, -0.15) is 31.6 Å². The van der Waals surface area contributed by atoms with Crippen molar-refractivity contribution in [1.29, 1.82) is 5.26 Å². The molecule has 0 aliphatic heterocycles. The average Bonchev–Trinajstić information content (AvgIpc) is 3.55. The van der Waals surface area contributed by atoms with E-state index >= 15 is 0 Å². The maximum absolute atomic E-state index is 14.1. The lowest BCUT2D eigenvalue weighted by molar-refractivity contribution is -0.226. The third kappa shape index (κ3) is 4.82. The van der Waals surface area contributed by atoms with Crippen molar-refractivity contribution < 1.29 is 31.1 Å². The van der Waals surface area contributed by atoms with E-state index in [0.717, 1.165) is 18.4 Å². The van der Waals surface area contributed by atoms with Crippen LogP contribution in [0.2, 0.25) is 0 Å². The molecule has 0 spiro atoms. The molecule has 4 rings (SSSR count). The first kappa shape index (κ1) is 25.0. The SMILES string of the molecule is Cc1nc(C2(C(F)(F)F)CCCCC2)sc1C(OCc1ccc(C#N)c(C2CC2)c1)C(F)(F)F. The molecule has 1 aromatic carbocycles. The molecule has 1 aromatic heterocycles. The van der Waals surface area contributed by atoms with Gasteiger partial charge in [-0.05, 0) is 55.7 Å². The van der Waals surface area contributed by atoms with Crippen molar-refractivity contribution in [3.05, 3.63) is 50.5 Å². The molecular weight excluding hydrogens is 478 g/mol. The van der Waals surface area contributed by atoms with E-state index in [-0.39, 0.29) is 40.9 Å². The van der Waals surface area contributed by atoms with Gasteiger partial charge in [0.1, 0.15) is 10.4 Å². The highest BCUT2D eigenvalue weighted by Gasteiger charge is 2.58. The van der Waals surface area contributed by atoms with Crippen LogP contribution in [-0.4, -0.2) is 17.3 Å². The summed E-state index contributed by atoms with van der Waals surface area (Å²) in [5.41, 5.74) is -0.521. The Hall–Kier alpha value is -2.12. The molecule has 2 aliphatic carbocycles. The quantitative estimate of drug-likeness (QED) is 0.379. The van der Waals surface area contributed by atoms with E-state index in [1.54, 1.807) is 18.2 Å². The maximum Gasteiger partial charge on any atom is 0.419 e. The van der Waals surface area contributed by atoms with Crippen LogP contribution in [0.4, 0.5) is 26.3 Å². The van der Waals surface area contributed by atoms with Gasteiger partial charge in [0.05, 0.1) is 28.8 Å². The molecule has 0 amide bonds. The molecule has 1 heterocycles. The Labute approximate surface area is 197 Å². The van der Waals surface area contributed by atoms with Crippen LogP contribution >= 0.6 is 11.3 Å². The molecule has 0 N–H and O–H groups in total. The number of thiazole rings is 1. The minimum absolute atomic E-state index is 0.0879. The third-order valence-corrected chi connectivity index (χ3v) is 8.10. The zero-order valence-electron chi connectivity index (χ0n) is 18.5. The van der Waals surface area contributed by atoms with Crippen LogP contribution in [0, 0.1) is 18.3 Å². The van der Waals surface area contributed by atoms with E-state index in [9.17, 15) is 31.6 Å². The molecule has 2 fully saturated rings. The van der Waals surface area contributed by atoms with Gasteiger partial charge in [-0.3, -0.25) is 0 Å². The van der Waals surface area contributed by atoms with E-state index in [4.69, 9.17) is 4.74 Å². The zero-order chi connectivity index (χ0) is 24.7. The van der Waals surface area contributed by atoms with Gasteiger partial charge < -0.3 is 4.74 Å². The van der Waals surface area contributed by atoms with Crippen LogP contribution in [0.3, 0.4) is 0 Å². The molecule has 34 heavy (non-hydrogen) atoms. The van der Waals surface area contributed by atoms with Crippen LogP contribution in [0.5, 0.6) is 0 Å². The standard InChI is InChI=1S/C24H24F6N2OS/c1-14-19(34-21(32-14)22(24(28,29)30)9-3-2-4-10-22)20(23(25,26)27)33-13-15-5-6-17(12-31)18(11-15)16-7-8-16/h5-6,11,16,20H,2-4,7-10,13H2,1H3. The van der Waals surface area contributed by atoms with Crippen molar-refractivity contribution in [3.8, 4) is 6.07 Å². The van der Waals surface area contributed by atoms with Crippen LogP contribution < -0.4 is 0 Å². The zero-order valence-corrected chi connectivity index (χ0v) is 19.3. The lowest BCUT2D eigenvalue weighted by atomic mass is 9.74. The smallest absolute Gasteiger partial charge is 0.358 e. The fraction of sp³-hybridized carbons (Fsp3) is 0.583. The van der Waals surface area contributed by atoms with E-state index in [1.165, 1.54) is 6.92 Å². The first-order chi connectivity index (χ1) is 16.0. The number of halogens is 6. The second kappa shape index (κ2) is 9.15. The minimum atomic E-state index is -4.82. The Morgan fingerprint density at radius 1 is 1.15 bits per heavy atom. The first-order valence-corrected chi connectivity index (χ1v) is 12.0. The fourth-order valence-corrected chi connectivity index (χ4v) is 6.07. The number of ether oxygens (including phenoxy) is 1. The molecule has 10 heteroatoms. The Kier molecular flexibility index (Phi) is 6.73. The molecule has 184 valence electrons. The summed E-state index contributed by atoms with van der Waals surface area (Å²) in [4.78, 5) is 3.67. The fourth-order valence-electron chi connectivity index (χ4n) is 4.66. The summed E-state index contributed by atoms with van der Waals surface area (Å²) in [5, 5.41) is 8.96. The predicted molar refractivity (Wildman–Crippen MR) is 114 cm³/mol. The summed E-state index contributed by atoms with van der Waals surface area (Å²) in [6.07, 6.45) is -8.91. The number of nitrogens with zero attached hydrogens (tertiary/aromatic N) is 2. The van der Waals surface area contributed by atoms with E-state index < -0.39 is 23.9 Å². The van der Waals surface area contributed by atoms with Crippen LogP contribution in [0.25, 0.3) is 0 Å². The lowest BCUT2D eigenvalue weighted by Crippen LogP contribution is -2.43. The van der Waals surface area contributed by atoms with Gasteiger partial charge in [-0.25, -0.2) is 4.98 Å². The number of aromatic nitrogens is 1. The molecule has 0 bridgehead atoms. The Morgan fingerprint density at radius 2 is 1.82 bits per heavy atom. The molecule has 3 nitrogen and oxygen atoms in total. The molecule has 0 saturated heterocycles. The predicted octanol–water partition coefficient (Wildman–Crippen LogP) is 7.79. The number of benzene rings is 1. The van der Waals surface area contributed by atoms with Gasteiger partial charge in [0.25, 0.3) is 0 Å². The van der Waals surface area contributed by atoms with Crippen LogP contribution in [0.15, 0.2) is 18.2 Å². The average molecular weight is 503 g/mol. The van der Waals surface area contributed by atoms with Gasteiger partial charge in [0.2, 0.25) is 0 Å². The number of hydrogen-bond acceptors (Lipinski definition) is 4. The largest absolute Gasteiger partial charge is 0.419 e. The highest BCUT2D eigenvalue weighted by atomic mass is 32.1. The molecule has 1 unspecified atom stereocenters. The van der Waals surface area contributed by atoms with Crippen molar-refractivity contribution in [2.75, 3.05) is 0 Å². The Bertz CT molecular complexity index is 1070.